The number of anilines is 5. The van der Waals surface area contributed by atoms with E-state index in [-0.39, 0.29) is 4.90 Å². The number of nitrogens with zero attached hydrogens (tertiary/aromatic N) is 2. The third-order valence-electron chi connectivity index (χ3n) is 4.74. The highest BCUT2D eigenvalue weighted by Gasteiger charge is 2.13. The van der Waals surface area contributed by atoms with Gasteiger partial charge in [0.2, 0.25) is 5.95 Å². The molecule has 0 radical (unpaired) electrons. The Morgan fingerprint density at radius 2 is 1.36 bits per heavy atom. The van der Waals surface area contributed by atoms with E-state index in [9.17, 15) is 8.42 Å². The molecule has 8 nitrogen and oxygen atoms in total. The molecule has 0 aliphatic carbocycles. The quantitative estimate of drug-likeness (QED) is 0.336. The second-order valence-electron chi connectivity index (χ2n) is 7.24. The van der Waals surface area contributed by atoms with E-state index < -0.39 is 10.0 Å². The van der Waals surface area contributed by atoms with E-state index in [1.54, 1.807) is 67.9 Å². The molecule has 0 fully saturated rings. The van der Waals surface area contributed by atoms with Crippen LogP contribution in [0.4, 0.5) is 28.8 Å². The fraction of sp³-hybridized carbons (Fsp3) is 0.0833. The van der Waals surface area contributed by atoms with Crippen molar-refractivity contribution in [3.63, 3.8) is 0 Å². The second-order valence-corrected chi connectivity index (χ2v) is 8.92. The lowest BCUT2D eigenvalue weighted by Crippen LogP contribution is -2.12. The van der Waals surface area contributed by atoms with E-state index >= 15 is 0 Å². The monoisotopic (exact) mass is 461 g/mol. The first-order chi connectivity index (χ1) is 15.9. The highest BCUT2D eigenvalue weighted by Crippen LogP contribution is 2.22. The number of nitrogens with one attached hydrogen (secondary N) is 3. The summed E-state index contributed by atoms with van der Waals surface area (Å²) < 4.78 is 32.9. The Morgan fingerprint density at radius 3 is 2.03 bits per heavy atom. The fourth-order valence-electron chi connectivity index (χ4n) is 2.99. The Morgan fingerprint density at radius 1 is 0.758 bits per heavy atom. The van der Waals surface area contributed by atoms with Gasteiger partial charge in [0.25, 0.3) is 10.0 Å². The van der Waals surface area contributed by atoms with Crippen molar-refractivity contribution < 1.29 is 13.2 Å². The molecule has 4 rings (SSSR count). The van der Waals surface area contributed by atoms with Gasteiger partial charge in [-0.15, -0.1) is 0 Å². The molecule has 0 spiro atoms. The molecule has 0 amide bonds. The third kappa shape index (κ3) is 5.78. The average molecular weight is 462 g/mol. The molecule has 0 saturated heterocycles. The number of sulfonamides is 1. The Labute approximate surface area is 192 Å². The van der Waals surface area contributed by atoms with Gasteiger partial charge in [-0.3, -0.25) is 4.72 Å². The van der Waals surface area contributed by atoms with Gasteiger partial charge >= 0.3 is 0 Å². The van der Waals surface area contributed by atoms with Crippen LogP contribution in [0.1, 0.15) is 5.56 Å². The van der Waals surface area contributed by atoms with Crippen molar-refractivity contribution in [2.75, 3.05) is 22.5 Å². The summed E-state index contributed by atoms with van der Waals surface area (Å²) in [5, 5.41) is 6.33. The number of benzene rings is 3. The summed E-state index contributed by atoms with van der Waals surface area (Å²) in [6, 6.07) is 22.8. The van der Waals surface area contributed by atoms with Gasteiger partial charge in [-0.05, 0) is 73.7 Å². The van der Waals surface area contributed by atoms with E-state index in [2.05, 4.69) is 25.3 Å². The summed E-state index contributed by atoms with van der Waals surface area (Å²) in [7, 11) is -2.03. The minimum Gasteiger partial charge on any atom is -0.497 e. The van der Waals surface area contributed by atoms with Gasteiger partial charge in [-0.25, -0.2) is 13.4 Å². The van der Waals surface area contributed by atoms with Crippen molar-refractivity contribution in [3.05, 3.63) is 90.6 Å². The van der Waals surface area contributed by atoms with Crippen LogP contribution in [-0.2, 0) is 10.0 Å². The molecular formula is C24H23N5O3S. The molecule has 33 heavy (non-hydrogen) atoms. The van der Waals surface area contributed by atoms with Crippen LogP contribution in [-0.4, -0.2) is 25.5 Å². The predicted molar refractivity (Wildman–Crippen MR) is 130 cm³/mol. The lowest BCUT2D eigenvalue weighted by Gasteiger charge is -2.11. The maximum Gasteiger partial charge on any atom is 0.261 e. The number of rotatable bonds is 8. The van der Waals surface area contributed by atoms with Gasteiger partial charge in [-0.1, -0.05) is 17.7 Å². The molecule has 0 saturated carbocycles. The Hall–Kier alpha value is -4.11. The summed E-state index contributed by atoms with van der Waals surface area (Å²) >= 11 is 0. The second kappa shape index (κ2) is 9.58. The Kier molecular flexibility index (Phi) is 6.41. The first kappa shape index (κ1) is 22.1. The molecule has 0 bridgehead atoms. The predicted octanol–water partition coefficient (Wildman–Crippen LogP) is 5.08. The minimum atomic E-state index is -3.65. The maximum absolute atomic E-state index is 12.6. The summed E-state index contributed by atoms with van der Waals surface area (Å²) in [6.07, 6.45) is 1.64. The average Bonchev–Trinajstić information content (AvgIpc) is 2.81. The standard InChI is InChI=1S/C24H23N5O3S/c1-17-3-13-22(14-4-17)33(30,31)29-20-7-5-19(6-8-20)27-24-25-16-15-23(28-24)26-18-9-11-21(32-2)12-10-18/h3-16,29H,1-2H3,(H2,25,26,27,28). The van der Waals surface area contributed by atoms with Crippen LogP contribution in [0, 0.1) is 6.92 Å². The molecule has 0 aliphatic rings. The van der Waals surface area contributed by atoms with Gasteiger partial charge in [-0.2, -0.15) is 4.98 Å². The van der Waals surface area contributed by atoms with Gasteiger partial charge in [0, 0.05) is 23.3 Å². The van der Waals surface area contributed by atoms with E-state index in [0.29, 0.717) is 17.5 Å². The zero-order valence-electron chi connectivity index (χ0n) is 18.1. The van der Waals surface area contributed by atoms with Crippen molar-refractivity contribution in [2.45, 2.75) is 11.8 Å². The molecule has 1 aromatic heterocycles. The fourth-order valence-corrected chi connectivity index (χ4v) is 4.05. The van der Waals surface area contributed by atoms with Crippen LogP contribution < -0.4 is 20.1 Å². The molecule has 1 heterocycles. The molecule has 3 aromatic carbocycles. The van der Waals surface area contributed by atoms with E-state index in [0.717, 1.165) is 22.7 Å². The van der Waals surface area contributed by atoms with Gasteiger partial charge in [0.05, 0.1) is 12.0 Å². The largest absolute Gasteiger partial charge is 0.497 e. The SMILES string of the molecule is COc1ccc(Nc2ccnc(Nc3ccc(NS(=O)(=O)c4ccc(C)cc4)cc3)n2)cc1. The van der Waals surface area contributed by atoms with Gasteiger partial charge in [0.15, 0.2) is 0 Å². The smallest absolute Gasteiger partial charge is 0.261 e. The number of methoxy groups -OCH3 is 1. The van der Waals surface area contributed by atoms with Crippen LogP contribution in [0.5, 0.6) is 5.75 Å². The normalized spacial score (nSPS) is 11.0. The summed E-state index contributed by atoms with van der Waals surface area (Å²) in [6.45, 7) is 1.91. The Bertz CT molecular complexity index is 1320. The van der Waals surface area contributed by atoms with Crippen LogP contribution in [0.25, 0.3) is 0 Å². The van der Waals surface area contributed by atoms with Crippen molar-refractivity contribution in [1.29, 1.82) is 0 Å². The topological polar surface area (TPSA) is 105 Å². The van der Waals surface area contributed by atoms with Crippen molar-refractivity contribution >= 4 is 38.9 Å². The lowest BCUT2D eigenvalue weighted by molar-refractivity contribution is 0.415. The van der Waals surface area contributed by atoms with Crippen molar-refractivity contribution in [1.82, 2.24) is 9.97 Å². The molecular weight excluding hydrogens is 438 g/mol. The van der Waals surface area contributed by atoms with Crippen LogP contribution in [0.2, 0.25) is 0 Å². The molecule has 9 heteroatoms. The number of ether oxygens (including phenoxy) is 1. The van der Waals surface area contributed by atoms with Crippen LogP contribution in [0.3, 0.4) is 0 Å². The summed E-state index contributed by atoms with van der Waals surface area (Å²) in [5.41, 5.74) is 3.03. The number of hydrogen-bond donors (Lipinski definition) is 3. The molecule has 3 N–H and O–H groups in total. The van der Waals surface area contributed by atoms with Crippen LogP contribution >= 0.6 is 0 Å². The minimum absolute atomic E-state index is 0.213. The van der Waals surface area contributed by atoms with Crippen LogP contribution in [0.15, 0.2) is 90.0 Å². The zero-order chi connectivity index (χ0) is 23.3. The number of aromatic nitrogens is 2. The highest BCUT2D eigenvalue weighted by molar-refractivity contribution is 7.92. The summed E-state index contributed by atoms with van der Waals surface area (Å²) in [4.78, 5) is 8.91. The first-order valence-electron chi connectivity index (χ1n) is 10.1. The van der Waals surface area contributed by atoms with Crippen molar-refractivity contribution in [3.8, 4) is 5.75 Å². The molecule has 0 atom stereocenters. The molecule has 4 aromatic rings. The van der Waals surface area contributed by atoms with Gasteiger partial charge < -0.3 is 15.4 Å². The highest BCUT2D eigenvalue weighted by atomic mass is 32.2. The first-order valence-corrected chi connectivity index (χ1v) is 11.6. The van der Waals surface area contributed by atoms with E-state index in [1.165, 1.54) is 0 Å². The lowest BCUT2D eigenvalue weighted by atomic mass is 10.2. The number of aryl methyl sites for hydroxylation is 1. The Balaban J connectivity index is 1.41. The van der Waals surface area contributed by atoms with Gasteiger partial charge in [0.1, 0.15) is 11.6 Å². The molecule has 0 aliphatic heterocycles. The zero-order valence-corrected chi connectivity index (χ0v) is 18.9. The van der Waals surface area contributed by atoms with E-state index in [4.69, 9.17) is 4.74 Å². The van der Waals surface area contributed by atoms with Crippen molar-refractivity contribution in [2.24, 2.45) is 0 Å². The molecule has 168 valence electrons. The number of hydrogen-bond acceptors (Lipinski definition) is 7. The van der Waals surface area contributed by atoms with E-state index in [1.807, 2.05) is 31.2 Å². The third-order valence-corrected chi connectivity index (χ3v) is 6.14. The maximum atomic E-state index is 12.6. The molecule has 0 unspecified atom stereocenters. The summed E-state index contributed by atoms with van der Waals surface area (Å²) in [5.74, 6) is 1.80.